The first-order valence-corrected chi connectivity index (χ1v) is 11.6. The molecular formula is C25H34N2O2S. The van der Waals surface area contributed by atoms with Gasteiger partial charge in [0, 0.05) is 24.2 Å². The number of hydrogen-bond donors (Lipinski definition) is 1. The normalized spacial score (nSPS) is 11.2. The smallest absolute Gasteiger partial charge is 0.233 e. The Labute approximate surface area is 185 Å². The van der Waals surface area contributed by atoms with E-state index in [4.69, 9.17) is 0 Å². The maximum absolute atomic E-state index is 12.8. The van der Waals surface area contributed by atoms with Crippen molar-refractivity contribution in [3.8, 4) is 0 Å². The van der Waals surface area contributed by atoms with E-state index in [1.807, 2.05) is 67.3 Å². The van der Waals surface area contributed by atoms with Crippen LogP contribution in [-0.2, 0) is 16.1 Å². The summed E-state index contributed by atoms with van der Waals surface area (Å²) in [7, 11) is 0. The van der Waals surface area contributed by atoms with E-state index in [0.717, 1.165) is 34.6 Å². The summed E-state index contributed by atoms with van der Waals surface area (Å²) in [6.45, 7) is 10.8. The number of para-hydroxylation sites is 1. The fourth-order valence-electron chi connectivity index (χ4n) is 3.25. The van der Waals surface area contributed by atoms with E-state index in [9.17, 15) is 9.59 Å². The summed E-state index contributed by atoms with van der Waals surface area (Å²) in [5.74, 6) is 1.38. The fourth-order valence-corrected chi connectivity index (χ4v) is 4.07. The van der Waals surface area contributed by atoms with Crippen LogP contribution in [0.1, 0.15) is 50.3 Å². The second-order valence-corrected chi connectivity index (χ2v) is 9.71. The van der Waals surface area contributed by atoms with E-state index in [-0.39, 0.29) is 17.4 Å². The first-order chi connectivity index (χ1) is 14.2. The zero-order chi connectivity index (χ0) is 22.1. The maximum atomic E-state index is 12.8. The van der Waals surface area contributed by atoms with Crippen LogP contribution in [0.25, 0.3) is 0 Å². The quantitative estimate of drug-likeness (QED) is 0.532. The second-order valence-electron chi connectivity index (χ2n) is 8.61. The van der Waals surface area contributed by atoms with Crippen LogP contribution in [0.2, 0.25) is 0 Å². The largest absolute Gasteiger partial charge is 0.333 e. The van der Waals surface area contributed by atoms with E-state index in [1.54, 1.807) is 11.8 Å². The van der Waals surface area contributed by atoms with Crippen molar-refractivity contribution in [2.24, 2.45) is 0 Å². The van der Waals surface area contributed by atoms with Gasteiger partial charge in [-0.15, -0.1) is 0 Å². The van der Waals surface area contributed by atoms with Crippen LogP contribution in [0.5, 0.6) is 0 Å². The van der Waals surface area contributed by atoms with E-state index in [0.29, 0.717) is 18.7 Å². The molecule has 0 fully saturated rings. The highest BCUT2D eigenvalue weighted by Gasteiger charge is 2.26. The highest BCUT2D eigenvalue weighted by Crippen LogP contribution is 2.21. The lowest BCUT2D eigenvalue weighted by Gasteiger charge is -2.36. The highest BCUT2D eigenvalue weighted by atomic mass is 32.2. The Kier molecular flexibility index (Phi) is 8.97. The predicted molar refractivity (Wildman–Crippen MR) is 128 cm³/mol. The SMILES string of the molecule is Cc1cccc(C)c1NC(=O)CCCSCC(=O)N(Cc1ccccc1)C(C)(C)C. The minimum absolute atomic E-state index is 0.0275. The van der Waals surface area contributed by atoms with Crippen molar-refractivity contribution in [1.82, 2.24) is 4.90 Å². The number of thioether (sulfide) groups is 1. The van der Waals surface area contributed by atoms with Gasteiger partial charge in [-0.25, -0.2) is 0 Å². The second kappa shape index (κ2) is 11.2. The summed E-state index contributed by atoms with van der Waals surface area (Å²) in [5.41, 5.74) is 3.95. The fraction of sp³-hybridized carbons (Fsp3) is 0.440. The van der Waals surface area contributed by atoms with Gasteiger partial charge >= 0.3 is 0 Å². The van der Waals surface area contributed by atoms with Gasteiger partial charge in [-0.3, -0.25) is 9.59 Å². The van der Waals surface area contributed by atoms with Gasteiger partial charge in [-0.1, -0.05) is 48.5 Å². The van der Waals surface area contributed by atoms with E-state index in [2.05, 4.69) is 26.1 Å². The molecule has 162 valence electrons. The highest BCUT2D eigenvalue weighted by molar-refractivity contribution is 7.99. The summed E-state index contributed by atoms with van der Waals surface area (Å²) in [4.78, 5) is 27.0. The molecule has 0 aliphatic carbocycles. The van der Waals surface area contributed by atoms with Crippen LogP contribution < -0.4 is 5.32 Å². The van der Waals surface area contributed by atoms with Crippen LogP contribution in [0, 0.1) is 13.8 Å². The number of hydrogen-bond acceptors (Lipinski definition) is 3. The van der Waals surface area contributed by atoms with Crippen molar-refractivity contribution < 1.29 is 9.59 Å². The number of nitrogens with zero attached hydrogens (tertiary/aromatic N) is 1. The first kappa shape index (κ1) is 24.0. The average Bonchev–Trinajstić information content (AvgIpc) is 2.68. The molecule has 30 heavy (non-hydrogen) atoms. The molecule has 2 aromatic rings. The van der Waals surface area contributed by atoms with Crippen LogP contribution in [0.4, 0.5) is 5.69 Å². The molecule has 2 amide bonds. The van der Waals surface area contributed by atoms with E-state index < -0.39 is 0 Å². The molecule has 0 spiro atoms. The van der Waals surface area contributed by atoms with Crippen molar-refractivity contribution in [3.63, 3.8) is 0 Å². The van der Waals surface area contributed by atoms with Crippen LogP contribution in [-0.4, -0.2) is 33.8 Å². The number of carbonyl (C=O) groups is 2. The lowest BCUT2D eigenvalue weighted by molar-refractivity contribution is -0.133. The molecular weight excluding hydrogens is 392 g/mol. The summed E-state index contributed by atoms with van der Waals surface area (Å²) >= 11 is 1.60. The maximum Gasteiger partial charge on any atom is 0.233 e. The van der Waals surface area contributed by atoms with Crippen molar-refractivity contribution in [2.45, 2.75) is 59.5 Å². The molecule has 0 aromatic heterocycles. The molecule has 0 atom stereocenters. The van der Waals surface area contributed by atoms with E-state index in [1.165, 1.54) is 0 Å². The predicted octanol–water partition coefficient (Wildman–Crippen LogP) is 5.58. The zero-order valence-electron chi connectivity index (χ0n) is 18.8. The third-order valence-electron chi connectivity index (χ3n) is 4.96. The van der Waals surface area contributed by atoms with Gasteiger partial charge in [0.25, 0.3) is 0 Å². The molecule has 0 bridgehead atoms. The molecule has 0 unspecified atom stereocenters. The minimum atomic E-state index is -0.237. The molecule has 0 saturated carbocycles. The van der Waals surface area contributed by atoms with Gasteiger partial charge in [0.1, 0.15) is 0 Å². The third-order valence-corrected chi connectivity index (χ3v) is 5.99. The summed E-state index contributed by atoms with van der Waals surface area (Å²) < 4.78 is 0. The van der Waals surface area contributed by atoms with Crippen LogP contribution in [0.3, 0.4) is 0 Å². The molecule has 0 aliphatic rings. The third kappa shape index (κ3) is 7.52. The average molecular weight is 427 g/mol. The number of rotatable bonds is 9. The molecule has 1 N–H and O–H groups in total. The summed E-state index contributed by atoms with van der Waals surface area (Å²) in [6, 6.07) is 16.1. The van der Waals surface area contributed by atoms with Gasteiger partial charge in [0.05, 0.1) is 5.75 Å². The van der Waals surface area contributed by atoms with Crippen LogP contribution in [0.15, 0.2) is 48.5 Å². The van der Waals surface area contributed by atoms with E-state index >= 15 is 0 Å². The Morgan fingerprint density at radius 3 is 2.20 bits per heavy atom. The van der Waals surface area contributed by atoms with Gasteiger partial charge in [0.15, 0.2) is 0 Å². The van der Waals surface area contributed by atoms with Crippen LogP contribution >= 0.6 is 11.8 Å². The van der Waals surface area contributed by atoms with Crippen molar-refractivity contribution in [3.05, 3.63) is 65.2 Å². The Hall–Kier alpha value is -2.27. The lowest BCUT2D eigenvalue weighted by Crippen LogP contribution is -2.46. The molecule has 0 radical (unpaired) electrons. The molecule has 0 aliphatic heterocycles. The van der Waals surface area contributed by atoms with Crippen molar-refractivity contribution in [1.29, 1.82) is 0 Å². The number of carbonyl (C=O) groups excluding carboxylic acids is 2. The molecule has 4 nitrogen and oxygen atoms in total. The monoisotopic (exact) mass is 426 g/mol. The lowest BCUT2D eigenvalue weighted by atomic mass is 10.0. The zero-order valence-corrected chi connectivity index (χ0v) is 19.6. The van der Waals surface area contributed by atoms with Gasteiger partial charge < -0.3 is 10.2 Å². The van der Waals surface area contributed by atoms with Gasteiger partial charge in [-0.05, 0) is 63.5 Å². The first-order valence-electron chi connectivity index (χ1n) is 10.5. The standard InChI is InChI=1S/C25H34N2O2S/c1-19-11-9-12-20(2)24(19)26-22(28)15-10-16-30-18-23(29)27(25(3,4)5)17-21-13-7-6-8-14-21/h6-9,11-14H,10,15-18H2,1-5H3,(H,26,28). The molecule has 2 aromatic carbocycles. The Bertz CT molecular complexity index is 824. The Morgan fingerprint density at radius 2 is 1.60 bits per heavy atom. The van der Waals surface area contributed by atoms with Crippen molar-refractivity contribution in [2.75, 3.05) is 16.8 Å². The van der Waals surface area contributed by atoms with Crippen molar-refractivity contribution >= 4 is 29.3 Å². The van der Waals surface area contributed by atoms with Gasteiger partial charge in [-0.2, -0.15) is 11.8 Å². The number of nitrogens with one attached hydrogen (secondary N) is 1. The number of amides is 2. The van der Waals surface area contributed by atoms with Gasteiger partial charge in [0.2, 0.25) is 11.8 Å². The number of benzene rings is 2. The molecule has 2 rings (SSSR count). The summed E-state index contributed by atoms with van der Waals surface area (Å²) in [5, 5.41) is 3.02. The molecule has 0 saturated heterocycles. The number of aryl methyl sites for hydroxylation is 2. The Balaban J connectivity index is 1.76. The topological polar surface area (TPSA) is 49.4 Å². The number of anilines is 1. The Morgan fingerprint density at radius 1 is 0.967 bits per heavy atom. The molecule has 0 heterocycles. The minimum Gasteiger partial charge on any atom is -0.333 e. The summed E-state index contributed by atoms with van der Waals surface area (Å²) in [6.07, 6.45) is 1.21. The molecule has 5 heteroatoms.